The van der Waals surface area contributed by atoms with E-state index in [2.05, 4.69) is 9.97 Å². The summed E-state index contributed by atoms with van der Waals surface area (Å²) in [7, 11) is 0. The van der Waals surface area contributed by atoms with Crippen LogP contribution in [0.25, 0.3) is 16.9 Å². The molecule has 2 heterocycles. The van der Waals surface area contributed by atoms with E-state index >= 15 is 0 Å². The number of rotatable bonds is 1. The Morgan fingerprint density at radius 3 is 2.84 bits per heavy atom. The van der Waals surface area contributed by atoms with Crippen molar-refractivity contribution in [2.45, 2.75) is 6.92 Å². The van der Waals surface area contributed by atoms with Crippen molar-refractivity contribution < 1.29 is 4.39 Å². The number of benzene rings is 1. The Morgan fingerprint density at radius 2 is 2.11 bits per heavy atom. The Kier molecular flexibility index (Phi) is 2.88. The van der Waals surface area contributed by atoms with Crippen LogP contribution in [0.3, 0.4) is 0 Å². The van der Waals surface area contributed by atoms with Gasteiger partial charge in [0.15, 0.2) is 10.4 Å². The van der Waals surface area contributed by atoms with E-state index in [1.807, 2.05) is 19.1 Å². The van der Waals surface area contributed by atoms with Crippen molar-refractivity contribution in [3.05, 3.63) is 51.6 Å². The van der Waals surface area contributed by atoms with Crippen molar-refractivity contribution in [2.75, 3.05) is 0 Å². The molecule has 0 aliphatic heterocycles. The summed E-state index contributed by atoms with van der Waals surface area (Å²) in [6.45, 7) is 1.86. The first-order valence-corrected chi connectivity index (χ1v) is 6.39. The van der Waals surface area contributed by atoms with Gasteiger partial charge in [0.05, 0.1) is 10.5 Å². The number of aromatic nitrogens is 3. The molecule has 6 heteroatoms. The zero-order valence-corrected chi connectivity index (χ0v) is 11.5. The maximum Gasteiger partial charge on any atom is 0.184 e. The van der Waals surface area contributed by atoms with Gasteiger partial charge in [-0.15, -0.1) is 0 Å². The molecule has 3 nitrogen and oxygen atoms in total. The third kappa shape index (κ3) is 1.95. The molecular formula is C13H9ClFN3S. The molecule has 0 saturated carbocycles. The number of nitrogens with zero attached hydrogens (tertiary/aromatic N) is 2. The van der Waals surface area contributed by atoms with E-state index < -0.39 is 5.82 Å². The molecule has 0 saturated heterocycles. The first-order chi connectivity index (χ1) is 9.08. The molecule has 0 radical (unpaired) electrons. The molecule has 96 valence electrons. The fourth-order valence-electron chi connectivity index (χ4n) is 1.99. The van der Waals surface area contributed by atoms with Crippen LogP contribution in [0.4, 0.5) is 4.39 Å². The standard InChI is InChI=1S/C13H9ClFN3S/c1-7-5-6-10-12(16-7)18(13(19)17-10)11-8(14)3-2-4-9(11)15/h2-6H,1H3,(H,17,19). The maximum atomic E-state index is 14.0. The molecule has 1 N–H and O–H groups in total. The molecule has 0 amide bonds. The number of para-hydroxylation sites is 1. The van der Waals surface area contributed by atoms with E-state index in [0.29, 0.717) is 15.4 Å². The largest absolute Gasteiger partial charge is 0.329 e. The molecule has 0 aliphatic rings. The van der Waals surface area contributed by atoms with Crippen molar-refractivity contribution in [2.24, 2.45) is 0 Å². The normalized spacial score (nSPS) is 11.1. The predicted octanol–water partition coefficient (Wildman–Crippen LogP) is 4.18. The summed E-state index contributed by atoms with van der Waals surface area (Å²) in [5, 5.41) is 0.292. The number of aryl methyl sites for hydroxylation is 1. The third-order valence-electron chi connectivity index (χ3n) is 2.83. The fourth-order valence-corrected chi connectivity index (χ4v) is 2.52. The lowest BCUT2D eigenvalue weighted by atomic mass is 10.3. The van der Waals surface area contributed by atoms with Crippen LogP contribution in [0.1, 0.15) is 5.69 Å². The smallest absolute Gasteiger partial charge is 0.184 e. The summed E-state index contributed by atoms with van der Waals surface area (Å²) in [6.07, 6.45) is 0. The summed E-state index contributed by atoms with van der Waals surface area (Å²) in [5.74, 6) is -0.437. The quantitative estimate of drug-likeness (QED) is 0.683. The van der Waals surface area contributed by atoms with Crippen LogP contribution in [0, 0.1) is 17.5 Å². The van der Waals surface area contributed by atoms with E-state index in [1.165, 1.54) is 10.6 Å². The van der Waals surface area contributed by atoms with E-state index in [0.717, 1.165) is 11.2 Å². The highest BCUT2D eigenvalue weighted by atomic mass is 35.5. The van der Waals surface area contributed by atoms with Gasteiger partial charge in [-0.3, -0.25) is 4.57 Å². The molecule has 0 spiro atoms. The van der Waals surface area contributed by atoms with Crippen LogP contribution in [-0.4, -0.2) is 14.5 Å². The van der Waals surface area contributed by atoms with Gasteiger partial charge in [-0.05, 0) is 43.4 Å². The number of halogens is 2. The number of nitrogens with one attached hydrogen (secondary N) is 1. The molecule has 0 atom stereocenters. The van der Waals surface area contributed by atoms with E-state index in [4.69, 9.17) is 23.8 Å². The molecule has 0 unspecified atom stereocenters. The Balaban J connectivity index is 2.46. The zero-order chi connectivity index (χ0) is 13.6. The van der Waals surface area contributed by atoms with Gasteiger partial charge in [0.2, 0.25) is 0 Å². The van der Waals surface area contributed by atoms with Gasteiger partial charge in [-0.2, -0.15) is 0 Å². The fraction of sp³-hybridized carbons (Fsp3) is 0.0769. The lowest BCUT2D eigenvalue weighted by Gasteiger charge is -2.07. The Hall–Kier alpha value is -1.72. The lowest BCUT2D eigenvalue weighted by Crippen LogP contribution is -2.00. The highest BCUT2D eigenvalue weighted by Crippen LogP contribution is 2.27. The number of hydrogen-bond donors (Lipinski definition) is 1. The number of hydrogen-bond acceptors (Lipinski definition) is 2. The number of H-pyrrole nitrogens is 1. The van der Waals surface area contributed by atoms with Gasteiger partial charge in [-0.25, -0.2) is 9.37 Å². The number of imidazole rings is 1. The van der Waals surface area contributed by atoms with Crippen molar-refractivity contribution in [3.8, 4) is 5.69 Å². The highest BCUT2D eigenvalue weighted by Gasteiger charge is 2.14. The van der Waals surface area contributed by atoms with E-state index in [-0.39, 0.29) is 5.69 Å². The van der Waals surface area contributed by atoms with E-state index in [1.54, 1.807) is 12.1 Å². The average Bonchev–Trinajstić information content (AvgIpc) is 2.66. The van der Waals surface area contributed by atoms with Gasteiger partial charge in [0.1, 0.15) is 11.5 Å². The van der Waals surface area contributed by atoms with Crippen LogP contribution in [0.2, 0.25) is 5.02 Å². The molecule has 3 rings (SSSR count). The second-order valence-electron chi connectivity index (χ2n) is 4.16. The third-order valence-corrected chi connectivity index (χ3v) is 3.42. The molecule has 0 fully saturated rings. The van der Waals surface area contributed by atoms with Gasteiger partial charge >= 0.3 is 0 Å². The highest BCUT2D eigenvalue weighted by molar-refractivity contribution is 7.71. The topological polar surface area (TPSA) is 33.6 Å². The molecule has 2 aromatic heterocycles. The molecule has 0 bridgehead atoms. The monoisotopic (exact) mass is 293 g/mol. The summed E-state index contributed by atoms with van der Waals surface area (Å²) < 4.78 is 15.9. The summed E-state index contributed by atoms with van der Waals surface area (Å²) in [5.41, 5.74) is 2.35. The molecular weight excluding hydrogens is 285 g/mol. The first-order valence-electron chi connectivity index (χ1n) is 5.60. The first kappa shape index (κ1) is 12.3. The number of fused-ring (bicyclic) bond motifs is 1. The second kappa shape index (κ2) is 4.43. The Labute approximate surface area is 118 Å². The van der Waals surface area contributed by atoms with Crippen molar-refractivity contribution in [1.82, 2.24) is 14.5 Å². The van der Waals surface area contributed by atoms with Gasteiger partial charge < -0.3 is 4.98 Å². The van der Waals surface area contributed by atoms with Crippen LogP contribution in [0.5, 0.6) is 0 Å². The van der Waals surface area contributed by atoms with Crippen molar-refractivity contribution in [3.63, 3.8) is 0 Å². The van der Waals surface area contributed by atoms with E-state index in [9.17, 15) is 4.39 Å². The average molecular weight is 294 g/mol. The van der Waals surface area contributed by atoms with Gasteiger partial charge in [0.25, 0.3) is 0 Å². The number of aromatic amines is 1. The van der Waals surface area contributed by atoms with Crippen LogP contribution in [0.15, 0.2) is 30.3 Å². The predicted molar refractivity (Wildman–Crippen MR) is 76.0 cm³/mol. The minimum Gasteiger partial charge on any atom is -0.329 e. The van der Waals surface area contributed by atoms with Gasteiger partial charge in [0, 0.05) is 5.69 Å². The lowest BCUT2D eigenvalue weighted by molar-refractivity contribution is 0.618. The summed E-state index contributed by atoms with van der Waals surface area (Å²) >= 11 is 11.3. The van der Waals surface area contributed by atoms with Crippen LogP contribution in [-0.2, 0) is 0 Å². The molecule has 1 aromatic carbocycles. The number of pyridine rings is 1. The minimum atomic E-state index is -0.437. The molecule has 3 aromatic rings. The second-order valence-corrected chi connectivity index (χ2v) is 4.95. The SMILES string of the molecule is Cc1ccc2[nH]c(=S)n(-c3c(F)cccc3Cl)c2n1. The van der Waals surface area contributed by atoms with Gasteiger partial charge in [-0.1, -0.05) is 17.7 Å². The van der Waals surface area contributed by atoms with Crippen LogP contribution < -0.4 is 0 Å². The molecule has 0 aliphatic carbocycles. The molecule has 19 heavy (non-hydrogen) atoms. The Bertz CT molecular complexity index is 817. The summed E-state index contributed by atoms with van der Waals surface area (Å²) in [6, 6.07) is 8.24. The minimum absolute atomic E-state index is 0.221. The zero-order valence-electron chi connectivity index (χ0n) is 9.95. The van der Waals surface area contributed by atoms with Crippen molar-refractivity contribution in [1.29, 1.82) is 0 Å². The Morgan fingerprint density at radius 1 is 1.32 bits per heavy atom. The van der Waals surface area contributed by atoms with Crippen LogP contribution >= 0.6 is 23.8 Å². The maximum absolute atomic E-state index is 14.0. The summed E-state index contributed by atoms with van der Waals surface area (Å²) in [4.78, 5) is 7.39. The van der Waals surface area contributed by atoms with Crippen molar-refractivity contribution >= 4 is 35.0 Å².